The van der Waals surface area contributed by atoms with Crippen molar-refractivity contribution in [3.05, 3.63) is 0 Å². The van der Waals surface area contributed by atoms with E-state index in [1.165, 1.54) is 0 Å². The molecule has 0 unspecified atom stereocenters. The van der Waals surface area contributed by atoms with Gasteiger partial charge in [0.15, 0.2) is 0 Å². The Hall–Kier alpha value is -1.10. The van der Waals surface area contributed by atoms with Crippen LogP contribution in [-0.4, -0.2) is 61.4 Å². The zero-order chi connectivity index (χ0) is 14.1. The summed E-state index contributed by atoms with van der Waals surface area (Å²) in [6.07, 6.45) is 1.30. The van der Waals surface area contributed by atoms with Gasteiger partial charge in [-0.05, 0) is 40.9 Å². The van der Waals surface area contributed by atoms with E-state index in [1.54, 1.807) is 11.8 Å². The third kappa shape index (κ3) is 8.98. The van der Waals surface area contributed by atoms with E-state index in [2.05, 4.69) is 10.2 Å². The lowest BCUT2D eigenvalue weighted by Gasteiger charge is -2.22. The van der Waals surface area contributed by atoms with E-state index in [1.807, 2.05) is 27.9 Å². The SMILES string of the molecule is CC(=O)N(CCCN(C)C)CCC(=O)NC(C)C. The molecule has 2 amide bonds. The highest BCUT2D eigenvalue weighted by Gasteiger charge is 2.11. The van der Waals surface area contributed by atoms with Crippen LogP contribution in [0.3, 0.4) is 0 Å². The largest absolute Gasteiger partial charge is 0.354 e. The lowest BCUT2D eigenvalue weighted by molar-refractivity contribution is -0.129. The summed E-state index contributed by atoms with van der Waals surface area (Å²) in [6, 6.07) is 0.150. The van der Waals surface area contributed by atoms with Crippen LogP contribution in [0, 0.1) is 0 Å². The van der Waals surface area contributed by atoms with E-state index in [-0.39, 0.29) is 17.9 Å². The first kappa shape index (κ1) is 16.9. The van der Waals surface area contributed by atoms with Gasteiger partial charge in [0.2, 0.25) is 11.8 Å². The van der Waals surface area contributed by atoms with Crippen LogP contribution in [0.5, 0.6) is 0 Å². The summed E-state index contributed by atoms with van der Waals surface area (Å²) in [6.45, 7) is 7.57. The second-order valence-corrected chi connectivity index (χ2v) is 5.14. The molecule has 5 nitrogen and oxygen atoms in total. The Balaban J connectivity index is 3.97. The molecule has 18 heavy (non-hydrogen) atoms. The first-order chi connectivity index (χ1) is 8.32. The topological polar surface area (TPSA) is 52.7 Å². The molecule has 0 aromatic heterocycles. The molecule has 0 saturated carbocycles. The van der Waals surface area contributed by atoms with Gasteiger partial charge >= 0.3 is 0 Å². The highest BCUT2D eigenvalue weighted by molar-refractivity contribution is 5.78. The minimum atomic E-state index is 0.00357. The van der Waals surface area contributed by atoms with Crippen LogP contribution in [0.1, 0.15) is 33.6 Å². The molecule has 5 heteroatoms. The molecule has 0 aromatic carbocycles. The van der Waals surface area contributed by atoms with Crippen molar-refractivity contribution in [1.29, 1.82) is 0 Å². The summed E-state index contributed by atoms with van der Waals surface area (Å²) < 4.78 is 0. The molecule has 0 aliphatic heterocycles. The van der Waals surface area contributed by atoms with E-state index in [4.69, 9.17) is 0 Å². The highest BCUT2D eigenvalue weighted by atomic mass is 16.2. The summed E-state index contributed by atoms with van der Waals surface area (Å²) in [5.74, 6) is 0.0370. The van der Waals surface area contributed by atoms with E-state index in [0.717, 1.165) is 13.0 Å². The molecule has 0 spiro atoms. The Morgan fingerprint density at radius 2 is 1.72 bits per heavy atom. The lowest BCUT2D eigenvalue weighted by Crippen LogP contribution is -2.37. The van der Waals surface area contributed by atoms with Crippen molar-refractivity contribution in [2.75, 3.05) is 33.7 Å². The Bertz CT molecular complexity index is 265. The van der Waals surface area contributed by atoms with Gasteiger partial charge in [-0.15, -0.1) is 0 Å². The molecular formula is C13H27N3O2. The Morgan fingerprint density at radius 3 is 2.17 bits per heavy atom. The van der Waals surface area contributed by atoms with Gasteiger partial charge in [0.05, 0.1) is 0 Å². The third-order valence-electron chi connectivity index (χ3n) is 2.54. The van der Waals surface area contributed by atoms with Crippen LogP contribution in [0.2, 0.25) is 0 Å². The quantitative estimate of drug-likeness (QED) is 0.696. The molecular weight excluding hydrogens is 230 g/mol. The van der Waals surface area contributed by atoms with Gasteiger partial charge in [-0.1, -0.05) is 0 Å². The Morgan fingerprint density at radius 1 is 1.11 bits per heavy atom. The van der Waals surface area contributed by atoms with E-state index in [9.17, 15) is 9.59 Å². The smallest absolute Gasteiger partial charge is 0.221 e. The summed E-state index contributed by atoms with van der Waals surface area (Å²) >= 11 is 0. The number of hydrogen-bond acceptors (Lipinski definition) is 3. The van der Waals surface area contributed by atoms with Gasteiger partial charge in [-0.2, -0.15) is 0 Å². The monoisotopic (exact) mass is 257 g/mol. The fourth-order valence-electron chi connectivity index (χ4n) is 1.64. The van der Waals surface area contributed by atoms with E-state index in [0.29, 0.717) is 19.5 Å². The number of carbonyl (C=O) groups is 2. The minimum absolute atomic E-state index is 0.00357. The van der Waals surface area contributed by atoms with Gasteiger partial charge in [0.25, 0.3) is 0 Å². The molecule has 0 heterocycles. The fourth-order valence-corrected chi connectivity index (χ4v) is 1.64. The summed E-state index contributed by atoms with van der Waals surface area (Å²) in [7, 11) is 4.02. The summed E-state index contributed by atoms with van der Waals surface area (Å²) in [5.41, 5.74) is 0. The van der Waals surface area contributed by atoms with Gasteiger partial charge in [0.1, 0.15) is 0 Å². The van der Waals surface area contributed by atoms with E-state index >= 15 is 0 Å². The van der Waals surface area contributed by atoms with Crippen molar-refractivity contribution in [3.63, 3.8) is 0 Å². The van der Waals surface area contributed by atoms with Crippen LogP contribution in [0.4, 0.5) is 0 Å². The molecule has 106 valence electrons. The van der Waals surface area contributed by atoms with Crippen molar-refractivity contribution >= 4 is 11.8 Å². The molecule has 1 N–H and O–H groups in total. The van der Waals surface area contributed by atoms with Gasteiger partial charge in [-0.3, -0.25) is 9.59 Å². The van der Waals surface area contributed by atoms with Gasteiger partial charge in [0, 0.05) is 32.5 Å². The maximum atomic E-state index is 11.5. The first-order valence-corrected chi connectivity index (χ1v) is 6.52. The predicted molar refractivity (Wildman–Crippen MR) is 73.3 cm³/mol. The molecule has 0 atom stereocenters. The van der Waals surface area contributed by atoms with Crippen molar-refractivity contribution in [2.24, 2.45) is 0 Å². The van der Waals surface area contributed by atoms with Gasteiger partial charge < -0.3 is 15.1 Å². The zero-order valence-electron chi connectivity index (χ0n) is 12.3. The highest BCUT2D eigenvalue weighted by Crippen LogP contribution is 1.97. The summed E-state index contributed by atoms with van der Waals surface area (Å²) in [5, 5.41) is 2.83. The molecule has 0 aliphatic rings. The fraction of sp³-hybridized carbons (Fsp3) is 0.846. The van der Waals surface area contributed by atoms with E-state index < -0.39 is 0 Å². The molecule has 0 radical (unpaired) electrons. The van der Waals surface area contributed by atoms with Crippen LogP contribution in [0.15, 0.2) is 0 Å². The maximum absolute atomic E-state index is 11.5. The van der Waals surface area contributed by atoms with Crippen molar-refractivity contribution < 1.29 is 9.59 Å². The van der Waals surface area contributed by atoms with Crippen LogP contribution < -0.4 is 5.32 Å². The average Bonchev–Trinajstić information content (AvgIpc) is 2.20. The van der Waals surface area contributed by atoms with Crippen LogP contribution in [-0.2, 0) is 9.59 Å². The first-order valence-electron chi connectivity index (χ1n) is 6.52. The maximum Gasteiger partial charge on any atom is 0.221 e. The zero-order valence-corrected chi connectivity index (χ0v) is 12.3. The average molecular weight is 257 g/mol. The van der Waals surface area contributed by atoms with Crippen LogP contribution in [0.25, 0.3) is 0 Å². The van der Waals surface area contributed by atoms with Crippen molar-refractivity contribution in [2.45, 2.75) is 39.7 Å². The number of carbonyl (C=O) groups excluding carboxylic acids is 2. The molecule has 0 aliphatic carbocycles. The third-order valence-corrected chi connectivity index (χ3v) is 2.54. The normalized spacial score (nSPS) is 10.8. The second kappa shape index (κ2) is 8.91. The molecule has 0 saturated heterocycles. The number of amides is 2. The number of hydrogen-bond donors (Lipinski definition) is 1. The van der Waals surface area contributed by atoms with Crippen molar-refractivity contribution in [1.82, 2.24) is 15.1 Å². The number of nitrogens with zero attached hydrogens (tertiary/aromatic N) is 2. The number of rotatable bonds is 8. The Kier molecular flexibility index (Phi) is 8.37. The van der Waals surface area contributed by atoms with Gasteiger partial charge in [-0.25, -0.2) is 0 Å². The predicted octanol–water partition coefficient (Wildman–Crippen LogP) is 0.701. The minimum Gasteiger partial charge on any atom is -0.354 e. The lowest BCUT2D eigenvalue weighted by atomic mass is 10.3. The van der Waals surface area contributed by atoms with Crippen molar-refractivity contribution in [3.8, 4) is 0 Å². The standard InChI is InChI=1S/C13H27N3O2/c1-11(2)14-13(18)7-10-16(12(3)17)9-6-8-15(4)5/h11H,6-10H2,1-5H3,(H,14,18). The second-order valence-electron chi connectivity index (χ2n) is 5.14. The van der Waals surface area contributed by atoms with Crippen LogP contribution >= 0.6 is 0 Å². The molecule has 0 fully saturated rings. The number of nitrogens with one attached hydrogen (secondary N) is 1. The Labute approximate surface area is 111 Å². The summed E-state index contributed by atoms with van der Waals surface area (Å²) in [4.78, 5) is 26.8. The molecule has 0 bridgehead atoms. The molecule has 0 aromatic rings. The molecule has 0 rings (SSSR count).